The summed E-state index contributed by atoms with van der Waals surface area (Å²) in [5, 5.41) is 31.4. The van der Waals surface area contributed by atoms with E-state index in [0.717, 1.165) is 96.3 Å². The van der Waals surface area contributed by atoms with Gasteiger partial charge in [-0.15, -0.1) is 0 Å². The summed E-state index contributed by atoms with van der Waals surface area (Å²) in [7, 11) is 0. The Hall–Kier alpha value is -5.92. The number of carbonyl (C=O) groups is 4. The van der Waals surface area contributed by atoms with E-state index in [0.29, 0.717) is 25.7 Å². The Morgan fingerprint density at radius 3 is 1.27 bits per heavy atom. The van der Waals surface area contributed by atoms with Crippen molar-refractivity contribution in [1.29, 1.82) is 0 Å². The van der Waals surface area contributed by atoms with Crippen LogP contribution in [-0.2, 0) is 42.9 Å². The van der Waals surface area contributed by atoms with Crippen molar-refractivity contribution in [3.05, 3.63) is 170 Å². The van der Waals surface area contributed by atoms with Gasteiger partial charge in [-0.3, -0.25) is 14.4 Å². The highest BCUT2D eigenvalue weighted by Gasteiger charge is 2.50. The SMILES string of the molecule is CC/C=C\C/C=C\C/C=C\C/C=C\C/C=C\C/C=C\CCC(=O)OCC(COC1OC(C(=O)O)C(O)C(O)C1OC(=O)C/C=C\C/C=C\C/C=C\C/C=C\C/C=C\CC)OC(=O)CCCCC/C=C\C/C=C\C/C=C\CC. The van der Waals surface area contributed by atoms with Crippen molar-refractivity contribution < 1.29 is 58.2 Å². The Kier molecular flexibility index (Phi) is 45.6. The quantitative estimate of drug-likeness (QED) is 0.0228. The number of rotatable bonds is 44. The number of aliphatic hydroxyl groups is 2. The second-order valence-electron chi connectivity index (χ2n) is 18.1. The van der Waals surface area contributed by atoms with Crippen molar-refractivity contribution in [2.24, 2.45) is 0 Å². The molecular formula is C65H94O12. The van der Waals surface area contributed by atoms with E-state index in [2.05, 4.69) is 154 Å². The maximum atomic E-state index is 13.1. The first-order chi connectivity index (χ1) is 37.6. The summed E-state index contributed by atoms with van der Waals surface area (Å²) in [6, 6.07) is 0. The Bertz CT molecular complexity index is 1990. The predicted octanol–water partition coefficient (Wildman–Crippen LogP) is 14.3. The molecule has 0 amide bonds. The Morgan fingerprint density at radius 1 is 0.442 bits per heavy atom. The van der Waals surface area contributed by atoms with Crippen molar-refractivity contribution in [1.82, 2.24) is 0 Å². The van der Waals surface area contributed by atoms with Gasteiger partial charge in [0.1, 0.15) is 18.8 Å². The van der Waals surface area contributed by atoms with Gasteiger partial charge in [-0.05, 0) is 116 Å². The molecule has 0 aliphatic carbocycles. The number of carboxylic acid groups (broad SMARTS) is 1. The molecule has 12 heteroatoms. The summed E-state index contributed by atoms with van der Waals surface area (Å²) in [5.74, 6) is -3.47. The van der Waals surface area contributed by atoms with Gasteiger partial charge in [0.15, 0.2) is 24.6 Å². The zero-order valence-electron chi connectivity index (χ0n) is 46.6. The van der Waals surface area contributed by atoms with Crippen molar-refractivity contribution in [3.63, 3.8) is 0 Å². The van der Waals surface area contributed by atoms with Crippen LogP contribution in [-0.4, -0.2) is 89.2 Å². The number of unbranched alkanes of at least 4 members (excludes halogenated alkanes) is 3. The van der Waals surface area contributed by atoms with Gasteiger partial charge < -0.3 is 39.0 Å². The van der Waals surface area contributed by atoms with Crippen LogP contribution < -0.4 is 0 Å². The maximum Gasteiger partial charge on any atom is 0.335 e. The van der Waals surface area contributed by atoms with Gasteiger partial charge >= 0.3 is 23.9 Å². The van der Waals surface area contributed by atoms with Gasteiger partial charge in [0.25, 0.3) is 0 Å². The highest BCUT2D eigenvalue weighted by atomic mass is 16.7. The van der Waals surface area contributed by atoms with E-state index >= 15 is 0 Å². The monoisotopic (exact) mass is 1070 g/mol. The topological polar surface area (TPSA) is 175 Å². The van der Waals surface area contributed by atoms with Gasteiger partial charge in [-0.1, -0.05) is 197 Å². The summed E-state index contributed by atoms with van der Waals surface area (Å²) in [5.41, 5.74) is 0. The summed E-state index contributed by atoms with van der Waals surface area (Å²) in [6.07, 6.45) is 63.7. The molecule has 0 aromatic carbocycles. The van der Waals surface area contributed by atoms with Crippen LogP contribution in [0.15, 0.2) is 170 Å². The molecule has 1 aliphatic heterocycles. The van der Waals surface area contributed by atoms with Crippen molar-refractivity contribution in [2.45, 2.75) is 199 Å². The second-order valence-corrected chi connectivity index (χ2v) is 18.1. The van der Waals surface area contributed by atoms with Crippen LogP contribution in [0, 0.1) is 0 Å². The minimum Gasteiger partial charge on any atom is -0.479 e. The van der Waals surface area contributed by atoms with Gasteiger partial charge in [0.05, 0.1) is 13.0 Å². The molecule has 0 spiro atoms. The Balaban J connectivity index is 2.83. The summed E-state index contributed by atoms with van der Waals surface area (Å²) < 4.78 is 28.1. The lowest BCUT2D eigenvalue weighted by molar-refractivity contribution is -0.301. The molecule has 77 heavy (non-hydrogen) atoms. The van der Waals surface area contributed by atoms with Crippen molar-refractivity contribution in [3.8, 4) is 0 Å². The minimum atomic E-state index is -1.96. The van der Waals surface area contributed by atoms with Crippen molar-refractivity contribution in [2.75, 3.05) is 13.2 Å². The number of carboxylic acids is 1. The first kappa shape index (κ1) is 69.1. The fraction of sp³-hybridized carbons (Fsp3) is 0.508. The number of aliphatic carboxylic acids is 1. The molecule has 12 nitrogen and oxygen atoms in total. The average molecular weight is 1070 g/mol. The summed E-state index contributed by atoms with van der Waals surface area (Å²) in [6.45, 7) is 5.47. The van der Waals surface area contributed by atoms with Crippen LogP contribution in [0.2, 0.25) is 0 Å². The normalized spacial score (nSPS) is 19.3. The minimum absolute atomic E-state index is 0.0662. The third kappa shape index (κ3) is 40.9. The zero-order valence-corrected chi connectivity index (χ0v) is 46.6. The van der Waals surface area contributed by atoms with E-state index in [1.807, 2.05) is 24.3 Å². The number of allylic oxidation sites excluding steroid dienone is 27. The van der Waals surface area contributed by atoms with E-state index in [1.54, 1.807) is 12.2 Å². The van der Waals surface area contributed by atoms with Gasteiger partial charge in [0, 0.05) is 12.8 Å². The number of esters is 3. The number of ether oxygens (including phenoxy) is 5. The molecule has 0 radical (unpaired) electrons. The van der Waals surface area contributed by atoms with Gasteiger partial charge in [-0.25, -0.2) is 4.79 Å². The lowest BCUT2D eigenvalue weighted by atomic mass is 9.98. The Labute approximate surface area is 462 Å². The third-order valence-electron chi connectivity index (χ3n) is 11.3. The number of hydrogen-bond donors (Lipinski definition) is 3. The molecule has 0 bridgehead atoms. The molecule has 1 fully saturated rings. The molecular weight excluding hydrogens is 973 g/mol. The van der Waals surface area contributed by atoms with Crippen LogP contribution in [0.3, 0.4) is 0 Å². The molecule has 1 aliphatic rings. The molecule has 0 aromatic rings. The first-order valence-electron chi connectivity index (χ1n) is 28.1. The van der Waals surface area contributed by atoms with E-state index < -0.39 is 73.9 Å². The second kappa shape index (κ2) is 50.9. The molecule has 426 valence electrons. The molecule has 1 rings (SSSR count). The van der Waals surface area contributed by atoms with Crippen LogP contribution in [0.1, 0.15) is 162 Å². The third-order valence-corrected chi connectivity index (χ3v) is 11.3. The van der Waals surface area contributed by atoms with Crippen molar-refractivity contribution >= 4 is 23.9 Å². The van der Waals surface area contributed by atoms with E-state index in [9.17, 15) is 34.5 Å². The van der Waals surface area contributed by atoms with E-state index in [4.69, 9.17) is 23.7 Å². The highest BCUT2D eigenvalue weighted by molar-refractivity contribution is 5.74. The molecule has 3 N–H and O–H groups in total. The van der Waals surface area contributed by atoms with Crippen LogP contribution >= 0.6 is 0 Å². The fourth-order valence-corrected chi connectivity index (χ4v) is 7.13. The van der Waals surface area contributed by atoms with Crippen LogP contribution in [0.25, 0.3) is 0 Å². The molecule has 0 aromatic heterocycles. The summed E-state index contributed by atoms with van der Waals surface area (Å²) >= 11 is 0. The smallest absolute Gasteiger partial charge is 0.335 e. The number of carbonyl (C=O) groups excluding carboxylic acids is 3. The van der Waals surface area contributed by atoms with Gasteiger partial charge in [-0.2, -0.15) is 0 Å². The Morgan fingerprint density at radius 2 is 0.844 bits per heavy atom. The standard InChI is InChI=1S/C65H94O12/c1-4-7-10-13-16-19-22-25-27-28-29-30-32-34-36-39-42-45-48-51-57(66)73-54-56(75-58(67)52-49-46-43-40-37-33-24-21-18-15-12-9-6-3)55-74-65-63(61(70)60(69)62(77-65)64(71)72)76-59(68)53-50-47-44-41-38-35-31-26-23-20-17-14-11-8-5-2/h7-12,16-21,25-27,29-31,33-34,36-38,41-42,45,47,50,56,60-63,65,69-70H,4-6,13-15,22-24,28,32,35,39-40,43-44,46,48-49,51-55H2,1-3H3,(H,71,72)/b10-7-,11-8-,12-9-,19-16-,20-17-,21-18-,27-25-,30-29-,31-26-,36-34-,37-33-,41-38-,45-42-,50-47-. The molecule has 0 saturated carbocycles. The fourth-order valence-electron chi connectivity index (χ4n) is 7.13. The lowest BCUT2D eigenvalue weighted by Gasteiger charge is -2.40. The first-order valence-corrected chi connectivity index (χ1v) is 28.1. The van der Waals surface area contributed by atoms with Gasteiger partial charge in [0.2, 0.25) is 0 Å². The lowest BCUT2D eigenvalue weighted by Crippen LogP contribution is -2.61. The molecule has 1 saturated heterocycles. The average Bonchev–Trinajstić information content (AvgIpc) is 3.42. The van der Waals surface area contributed by atoms with Crippen LogP contribution in [0.4, 0.5) is 0 Å². The summed E-state index contributed by atoms with van der Waals surface area (Å²) in [4.78, 5) is 50.9. The highest BCUT2D eigenvalue weighted by Crippen LogP contribution is 2.26. The molecule has 1 heterocycles. The van der Waals surface area contributed by atoms with E-state index in [-0.39, 0.29) is 19.3 Å². The maximum absolute atomic E-state index is 13.1. The predicted molar refractivity (Wildman–Crippen MR) is 312 cm³/mol. The largest absolute Gasteiger partial charge is 0.479 e. The van der Waals surface area contributed by atoms with E-state index in [1.165, 1.54) is 0 Å². The van der Waals surface area contributed by atoms with Crippen LogP contribution in [0.5, 0.6) is 0 Å². The zero-order chi connectivity index (χ0) is 56.1. The number of aliphatic hydroxyl groups excluding tert-OH is 2. The number of hydrogen-bond acceptors (Lipinski definition) is 11. The molecule has 6 atom stereocenters. The molecule has 6 unspecified atom stereocenters.